The van der Waals surface area contributed by atoms with Crippen LogP contribution in [0.4, 0.5) is 0 Å². The fourth-order valence-corrected chi connectivity index (χ4v) is 2.31. The van der Waals surface area contributed by atoms with Crippen molar-refractivity contribution < 1.29 is 19.4 Å². The zero-order valence-corrected chi connectivity index (χ0v) is 14.9. The Morgan fingerprint density at radius 1 is 1.24 bits per heavy atom. The van der Waals surface area contributed by atoms with Crippen molar-refractivity contribution in [2.45, 2.75) is 32.6 Å². The Balaban J connectivity index is 2.30. The summed E-state index contributed by atoms with van der Waals surface area (Å²) in [6, 6.07) is 11.2. The second-order valence-electron chi connectivity index (χ2n) is 6.70. The van der Waals surface area contributed by atoms with E-state index in [0.717, 1.165) is 11.1 Å². The molecular weight excluding hydrogens is 318 g/mol. The lowest BCUT2D eigenvalue weighted by Crippen LogP contribution is -2.11. The number of rotatable bonds is 6. The largest absolute Gasteiger partial charge is 0.504 e. The van der Waals surface area contributed by atoms with E-state index in [9.17, 15) is 9.90 Å². The Kier molecular flexibility index (Phi) is 5.80. The zero-order valence-electron chi connectivity index (χ0n) is 14.9. The normalized spacial score (nSPS) is 11.9. The number of carbonyl (C=O) groups is 1. The van der Waals surface area contributed by atoms with E-state index >= 15 is 0 Å². The molecule has 2 rings (SSSR count). The molecule has 0 aliphatic rings. The Bertz CT molecular complexity index is 775. The number of aliphatic carboxylic acids is 1. The Morgan fingerprint density at radius 3 is 2.60 bits per heavy atom. The summed E-state index contributed by atoms with van der Waals surface area (Å²) in [5.41, 5.74) is 1.99. The molecule has 1 heterocycles. The molecule has 0 amide bonds. The number of hydrogen-bond acceptors (Lipinski definition) is 4. The zero-order chi connectivity index (χ0) is 18.4. The van der Waals surface area contributed by atoms with E-state index < -0.39 is 5.97 Å². The molecule has 0 radical (unpaired) electrons. The van der Waals surface area contributed by atoms with Crippen molar-refractivity contribution in [3.63, 3.8) is 0 Å². The lowest BCUT2D eigenvalue weighted by atomic mass is 9.88. The van der Waals surface area contributed by atoms with E-state index in [1.807, 2.05) is 30.3 Å². The van der Waals surface area contributed by atoms with Crippen molar-refractivity contribution in [1.29, 1.82) is 0 Å². The maximum absolute atomic E-state index is 11.3. The van der Waals surface area contributed by atoms with Crippen molar-refractivity contribution in [2.24, 2.45) is 0 Å². The van der Waals surface area contributed by atoms with Crippen molar-refractivity contribution in [1.82, 2.24) is 4.98 Å². The van der Waals surface area contributed by atoms with Crippen LogP contribution in [-0.2, 0) is 21.4 Å². The molecule has 5 heteroatoms. The average Bonchev–Trinajstić information content (AvgIpc) is 2.55. The van der Waals surface area contributed by atoms with E-state index in [1.54, 1.807) is 12.3 Å². The molecule has 1 aromatic heterocycles. The van der Waals surface area contributed by atoms with Crippen LogP contribution in [0.2, 0.25) is 0 Å². The molecule has 5 nitrogen and oxygen atoms in total. The van der Waals surface area contributed by atoms with Crippen LogP contribution in [0, 0.1) is 0 Å². The van der Waals surface area contributed by atoms with E-state index in [2.05, 4.69) is 25.8 Å². The molecule has 0 spiro atoms. The number of nitrogens with zero attached hydrogens (tertiary/aromatic N) is 1. The number of aromatic nitrogens is 1. The van der Waals surface area contributed by atoms with Gasteiger partial charge in [0.1, 0.15) is 5.75 Å². The SMILES string of the molecule is CO/C=C(\Cc1ccccc1Oc1cc(C(C)(C)C)ccn1)C(=O)O. The monoisotopic (exact) mass is 341 g/mol. The maximum Gasteiger partial charge on any atom is 0.335 e. The molecule has 0 atom stereocenters. The van der Waals surface area contributed by atoms with Gasteiger partial charge in [-0.2, -0.15) is 0 Å². The third-order valence-corrected chi connectivity index (χ3v) is 3.70. The summed E-state index contributed by atoms with van der Waals surface area (Å²) >= 11 is 0. The minimum Gasteiger partial charge on any atom is -0.504 e. The van der Waals surface area contributed by atoms with Crippen molar-refractivity contribution in [3.05, 3.63) is 65.6 Å². The molecule has 1 aromatic carbocycles. The van der Waals surface area contributed by atoms with Crippen LogP contribution >= 0.6 is 0 Å². The molecule has 132 valence electrons. The van der Waals surface area contributed by atoms with Crippen molar-refractivity contribution in [3.8, 4) is 11.6 Å². The molecule has 25 heavy (non-hydrogen) atoms. The van der Waals surface area contributed by atoms with Gasteiger partial charge < -0.3 is 14.6 Å². The van der Waals surface area contributed by atoms with Crippen LogP contribution in [0.1, 0.15) is 31.9 Å². The topological polar surface area (TPSA) is 68.7 Å². The number of ether oxygens (including phenoxy) is 2. The number of benzene rings is 1. The quantitative estimate of drug-likeness (QED) is 0.626. The van der Waals surface area contributed by atoms with Crippen LogP contribution in [0.25, 0.3) is 0 Å². The van der Waals surface area contributed by atoms with Crippen LogP contribution in [0.15, 0.2) is 54.4 Å². The molecule has 0 saturated heterocycles. The number of carboxylic acid groups (broad SMARTS) is 1. The van der Waals surface area contributed by atoms with Gasteiger partial charge >= 0.3 is 5.97 Å². The minimum atomic E-state index is -1.02. The molecule has 0 fully saturated rings. The third-order valence-electron chi connectivity index (χ3n) is 3.70. The summed E-state index contributed by atoms with van der Waals surface area (Å²) in [7, 11) is 1.42. The van der Waals surface area contributed by atoms with Gasteiger partial charge in [0.25, 0.3) is 0 Å². The number of para-hydroxylation sites is 1. The second-order valence-corrected chi connectivity index (χ2v) is 6.70. The highest BCUT2D eigenvalue weighted by Gasteiger charge is 2.16. The molecule has 0 aliphatic heterocycles. The summed E-state index contributed by atoms with van der Waals surface area (Å²) in [6.45, 7) is 6.36. The predicted molar refractivity (Wildman–Crippen MR) is 95.9 cm³/mol. The Hall–Kier alpha value is -2.82. The summed E-state index contributed by atoms with van der Waals surface area (Å²) < 4.78 is 10.8. The highest BCUT2D eigenvalue weighted by Crippen LogP contribution is 2.29. The highest BCUT2D eigenvalue weighted by atomic mass is 16.5. The first-order chi connectivity index (χ1) is 11.8. The minimum absolute atomic E-state index is 0.0156. The average molecular weight is 341 g/mol. The highest BCUT2D eigenvalue weighted by molar-refractivity contribution is 5.86. The Morgan fingerprint density at radius 2 is 1.96 bits per heavy atom. The van der Waals surface area contributed by atoms with Crippen molar-refractivity contribution >= 4 is 5.97 Å². The van der Waals surface area contributed by atoms with Gasteiger partial charge in [-0.15, -0.1) is 0 Å². The van der Waals surface area contributed by atoms with E-state index in [1.165, 1.54) is 13.4 Å². The Labute approximate surface area is 147 Å². The van der Waals surface area contributed by atoms with Crippen LogP contribution in [0.5, 0.6) is 11.6 Å². The lowest BCUT2D eigenvalue weighted by Gasteiger charge is -2.19. The predicted octanol–water partition coefficient (Wildman–Crippen LogP) is 4.33. The summed E-state index contributed by atoms with van der Waals surface area (Å²) in [6.07, 6.45) is 3.14. The van der Waals surface area contributed by atoms with Gasteiger partial charge in [-0.3, -0.25) is 0 Å². The van der Waals surface area contributed by atoms with Crippen molar-refractivity contribution in [2.75, 3.05) is 7.11 Å². The first-order valence-electron chi connectivity index (χ1n) is 7.98. The maximum atomic E-state index is 11.3. The standard InChI is InChI=1S/C20H23NO4/c1-20(2,3)16-9-10-21-18(12-16)25-17-8-6-5-7-14(17)11-15(13-24-4)19(22)23/h5-10,12-13H,11H2,1-4H3,(H,22,23)/b15-13+. The van der Waals surface area contributed by atoms with Gasteiger partial charge in [-0.05, 0) is 28.7 Å². The second kappa shape index (κ2) is 7.83. The fourth-order valence-electron chi connectivity index (χ4n) is 2.31. The first kappa shape index (κ1) is 18.5. The van der Waals surface area contributed by atoms with Gasteiger partial charge in [0.05, 0.1) is 18.9 Å². The van der Waals surface area contributed by atoms with Crippen LogP contribution in [-0.4, -0.2) is 23.2 Å². The van der Waals surface area contributed by atoms with Gasteiger partial charge in [0.15, 0.2) is 0 Å². The van der Waals surface area contributed by atoms with Crippen LogP contribution in [0.3, 0.4) is 0 Å². The number of hydrogen-bond donors (Lipinski definition) is 1. The molecule has 1 N–H and O–H groups in total. The van der Waals surface area contributed by atoms with Gasteiger partial charge in [0, 0.05) is 18.7 Å². The first-order valence-corrected chi connectivity index (χ1v) is 7.98. The smallest absolute Gasteiger partial charge is 0.335 e. The molecule has 0 aliphatic carbocycles. The molecule has 0 unspecified atom stereocenters. The fraction of sp³-hybridized carbons (Fsp3) is 0.300. The molecule has 2 aromatic rings. The van der Waals surface area contributed by atoms with E-state index in [0.29, 0.717) is 11.6 Å². The molecule has 0 bridgehead atoms. The number of carboxylic acids is 1. The third kappa shape index (κ3) is 5.08. The van der Waals surface area contributed by atoms with Gasteiger partial charge in [-0.1, -0.05) is 39.0 Å². The molecule has 0 saturated carbocycles. The summed E-state index contributed by atoms with van der Waals surface area (Å²) in [5, 5.41) is 9.27. The van der Waals surface area contributed by atoms with Crippen LogP contribution < -0.4 is 4.74 Å². The van der Waals surface area contributed by atoms with E-state index in [-0.39, 0.29) is 17.4 Å². The lowest BCUT2D eigenvalue weighted by molar-refractivity contribution is -0.132. The molecular formula is C20H23NO4. The summed E-state index contributed by atoms with van der Waals surface area (Å²) in [5.74, 6) is 0.0290. The summed E-state index contributed by atoms with van der Waals surface area (Å²) in [4.78, 5) is 15.6. The van der Waals surface area contributed by atoms with Gasteiger partial charge in [0.2, 0.25) is 5.88 Å². The number of pyridine rings is 1. The number of methoxy groups -OCH3 is 1. The van der Waals surface area contributed by atoms with E-state index in [4.69, 9.17) is 9.47 Å². The van der Waals surface area contributed by atoms with Gasteiger partial charge in [-0.25, -0.2) is 9.78 Å².